The zero-order valence-electron chi connectivity index (χ0n) is 17.0. The fourth-order valence-corrected chi connectivity index (χ4v) is 2.93. The summed E-state index contributed by atoms with van der Waals surface area (Å²) in [6.07, 6.45) is 2.15. The summed E-state index contributed by atoms with van der Waals surface area (Å²) >= 11 is 0. The van der Waals surface area contributed by atoms with Crippen LogP contribution >= 0.6 is 0 Å². The van der Waals surface area contributed by atoms with E-state index in [1.165, 1.54) is 0 Å². The molecule has 0 spiro atoms. The van der Waals surface area contributed by atoms with E-state index < -0.39 is 6.04 Å². The number of benzene rings is 1. The van der Waals surface area contributed by atoms with Crippen LogP contribution in [0.15, 0.2) is 24.3 Å². The van der Waals surface area contributed by atoms with E-state index >= 15 is 0 Å². The highest BCUT2D eigenvalue weighted by Crippen LogP contribution is 2.12. The molecule has 27 heavy (non-hydrogen) atoms. The molecular weight excluding hydrogens is 342 g/mol. The van der Waals surface area contributed by atoms with Gasteiger partial charge in [0.1, 0.15) is 6.04 Å². The number of unbranched alkanes of at least 4 members (excludes halogenated alkanes) is 1. The second-order valence-corrected chi connectivity index (χ2v) is 7.07. The molecule has 0 unspecified atom stereocenters. The van der Waals surface area contributed by atoms with Crippen molar-refractivity contribution in [1.29, 1.82) is 0 Å². The number of amides is 2. The van der Waals surface area contributed by atoms with Crippen LogP contribution in [-0.2, 0) is 16.1 Å². The van der Waals surface area contributed by atoms with Gasteiger partial charge in [-0.05, 0) is 63.5 Å². The number of likely N-dealkylation sites (N-methyl/N-ethyl adjacent to an activating group) is 1. The third-order valence-electron chi connectivity index (χ3n) is 4.44. The lowest BCUT2D eigenvalue weighted by Gasteiger charge is -2.24. The van der Waals surface area contributed by atoms with Crippen LogP contribution in [0.1, 0.15) is 38.7 Å². The van der Waals surface area contributed by atoms with Crippen molar-refractivity contribution in [3.63, 3.8) is 0 Å². The molecule has 0 aromatic heterocycles. The molecule has 7 nitrogen and oxygen atoms in total. The van der Waals surface area contributed by atoms with Crippen molar-refractivity contribution >= 4 is 17.5 Å². The molecule has 1 aromatic carbocycles. The molecule has 0 radical (unpaired) electrons. The molecule has 0 aliphatic rings. The van der Waals surface area contributed by atoms with Crippen molar-refractivity contribution in [3.8, 4) is 0 Å². The van der Waals surface area contributed by atoms with Crippen molar-refractivity contribution in [3.05, 3.63) is 29.8 Å². The van der Waals surface area contributed by atoms with Gasteiger partial charge in [0.25, 0.3) is 0 Å². The molecule has 152 valence electrons. The molecule has 1 aromatic rings. The van der Waals surface area contributed by atoms with Crippen LogP contribution in [0.25, 0.3) is 0 Å². The summed E-state index contributed by atoms with van der Waals surface area (Å²) in [5.41, 5.74) is 7.41. The standard InChI is InChI=1S/C20H35N5O2/c1-14(2)18(23-4)20(27)25-17(7-5-6-12-21)19(26)24-16-10-8-15(9-11-16)13-22-3/h8-11,14,17-18,22-23H,5-7,12-13,21H2,1-4H3,(H,24,26)(H,25,27)/t17-,18-/m0/s1. The first-order valence-electron chi connectivity index (χ1n) is 9.65. The lowest BCUT2D eigenvalue weighted by atomic mass is 10.0. The molecule has 0 fully saturated rings. The predicted molar refractivity (Wildman–Crippen MR) is 110 cm³/mol. The first-order valence-corrected chi connectivity index (χ1v) is 9.65. The van der Waals surface area contributed by atoms with Crippen molar-refractivity contribution in [2.75, 3.05) is 26.0 Å². The van der Waals surface area contributed by atoms with Crippen LogP contribution in [0, 0.1) is 5.92 Å². The SMILES string of the molecule is CNCc1ccc(NC(=O)[C@H](CCCCN)NC(=O)[C@@H](NC)C(C)C)cc1. The van der Waals surface area contributed by atoms with Crippen LogP contribution in [0.3, 0.4) is 0 Å². The van der Waals surface area contributed by atoms with Crippen molar-refractivity contribution in [2.24, 2.45) is 11.7 Å². The summed E-state index contributed by atoms with van der Waals surface area (Å²) in [7, 11) is 3.64. The van der Waals surface area contributed by atoms with Gasteiger partial charge in [0.2, 0.25) is 11.8 Å². The van der Waals surface area contributed by atoms with Crippen LogP contribution < -0.4 is 27.0 Å². The van der Waals surface area contributed by atoms with Crippen LogP contribution in [0.5, 0.6) is 0 Å². The summed E-state index contributed by atoms with van der Waals surface area (Å²) in [6.45, 7) is 5.28. The molecule has 0 aliphatic heterocycles. The van der Waals surface area contributed by atoms with Gasteiger partial charge in [0.15, 0.2) is 0 Å². The smallest absolute Gasteiger partial charge is 0.246 e. The molecule has 7 heteroatoms. The van der Waals surface area contributed by atoms with Crippen LogP contribution in [0.2, 0.25) is 0 Å². The van der Waals surface area contributed by atoms with E-state index in [0.29, 0.717) is 18.7 Å². The number of nitrogens with two attached hydrogens (primary N) is 1. The molecule has 0 bridgehead atoms. The molecule has 2 atom stereocenters. The maximum atomic E-state index is 12.7. The Labute approximate surface area is 162 Å². The van der Waals surface area contributed by atoms with Crippen molar-refractivity contribution in [1.82, 2.24) is 16.0 Å². The lowest BCUT2D eigenvalue weighted by Crippen LogP contribution is -2.52. The first-order chi connectivity index (χ1) is 12.9. The molecule has 0 saturated carbocycles. The Morgan fingerprint density at radius 2 is 1.70 bits per heavy atom. The van der Waals surface area contributed by atoms with E-state index in [4.69, 9.17) is 5.73 Å². The Hall–Kier alpha value is -1.96. The fourth-order valence-electron chi connectivity index (χ4n) is 2.93. The van der Waals surface area contributed by atoms with E-state index in [2.05, 4.69) is 21.3 Å². The first kappa shape index (κ1) is 23.1. The highest BCUT2D eigenvalue weighted by Gasteiger charge is 2.26. The van der Waals surface area contributed by atoms with Gasteiger partial charge in [-0.1, -0.05) is 26.0 Å². The van der Waals surface area contributed by atoms with Gasteiger partial charge >= 0.3 is 0 Å². The Kier molecular flexibility index (Phi) is 10.6. The minimum absolute atomic E-state index is 0.127. The molecule has 0 aliphatic carbocycles. The third-order valence-corrected chi connectivity index (χ3v) is 4.44. The number of anilines is 1. The lowest BCUT2D eigenvalue weighted by molar-refractivity contribution is -0.128. The van der Waals surface area contributed by atoms with Crippen LogP contribution in [-0.4, -0.2) is 44.5 Å². The Balaban J connectivity index is 2.78. The number of rotatable bonds is 12. The summed E-state index contributed by atoms with van der Waals surface area (Å²) < 4.78 is 0. The summed E-state index contributed by atoms with van der Waals surface area (Å²) in [5.74, 6) is -0.243. The fraction of sp³-hybridized carbons (Fsp3) is 0.600. The Morgan fingerprint density at radius 1 is 1.04 bits per heavy atom. The van der Waals surface area contributed by atoms with Gasteiger partial charge in [-0.25, -0.2) is 0 Å². The molecule has 6 N–H and O–H groups in total. The van der Waals surface area contributed by atoms with Gasteiger partial charge < -0.3 is 27.0 Å². The largest absolute Gasteiger partial charge is 0.343 e. The number of carbonyl (C=O) groups excluding carboxylic acids is 2. The van der Waals surface area contributed by atoms with Crippen molar-refractivity contribution in [2.45, 2.75) is 51.7 Å². The zero-order chi connectivity index (χ0) is 20.2. The van der Waals surface area contributed by atoms with Gasteiger partial charge in [-0.3, -0.25) is 9.59 Å². The highest BCUT2D eigenvalue weighted by molar-refractivity contribution is 5.97. The topological polar surface area (TPSA) is 108 Å². The van der Waals surface area contributed by atoms with Crippen LogP contribution in [0.4, 0.5) is 5.69 Å². The van der Waals surface area contributed by atoms with E-state index in [0.717, 1.165) is 24.9 Å². The quantitative estimate of drug-likeness (QED) is 0.352. The minimum Gasteiger partial charge on any atom is -0.343 e. The number of hydrogen-bond acceptors (Lipinski definition) is 5. The monoisotopic (exact) mass is 377 g/mol. The second kappa shape index (κ2) is 12.4. The van der Waals surface area contributed by atoms with E-state index in [1.54, 1.807) is 7.05 Å². The zero-order valence-corrected chi connectivity index (χ0v) is 17.0. The summed E-state index contributed by atoms with van der Waals surface area (Å²) in [5, 5.41) is 11.9. The number of carbonyl (C=O) groups is 2. The number of hydrogen-bond donors (Lipinski definition) is 5. The minimum atomic E-state index is -0.587. The Bertz CT molecular complexity index is 574. The van der Waals surface area contributed by atoms with Gasteiger partial charge in [0.05, 0.1) is 6.04 Å². The average Bonchev–Trinajstić information content (AvgIpc) is 2.63. The highest BCUT2D eigenvalue weighted by atomic mass is 16.2. The summed E-state index contributed by atoms with van der Waals surface area (Å²) in [6, 6.07) is 6.74. The maximum Gasteiger partial charge on any atom is 0.246 e. The predicted octanol–water partition coefficient (Wildman–Crippen LogP) is 1.20. The molecule has 1 rings (SSSR count). The third kappa shape index (κ3) is 8.07. The number of nitrogens with one attached hydrogen (secondary N) is 4. The molecule has 0 heterocycles. The molecule has 2 amide bonds. The van der Waals surface area contributed by atoms with Gasteiger partial charge in [-0.2, -0.15) is 0 Å². The second-order valence-electron chi connectivity index (χ2n) is 7.07. The van der Waals surface area contributed by atoms with E-state index in [-0.39, 0.29) is 23.8 Å². The van der Waals surface area contributed by atoms with E-state index in [9.17, 15) is 9.59 Å². The van der Waals surface area contributed by atoms with Crippen molar-refractivity contribution < 1.29 is 9.59 Å². The Morgan fingerprint density at radius 3 is 2.22 bits per heavy atom. The maximum absolute atomic E-state index is 12.7. The molecule has 0 saturated heterocycles. The van der Waals surface area contributed by atoms with Gasteiger partial charge in [0, 0.05) is 12.2 Å². The normalized spacial score (nSPS) is 13.3. The van der Waals surface area contributed by atoms with E-state index in [1.807, 2.05) is 45.2 Å². The summed E-state index contributed by atoms with van der Waals surface area (Å²) in [4.78, 5) is 25.3. The average molecular weight is 378 g/mol. The molecular formula is C20H35N5O2. The van der Waals surface area contributed by atoms with Gasteiger partial charge in [-0.15, -0.1) is 0 Å².